The van der Waals surface area contributed by atoms with E-state index in [1.54, 1.807) is 12.1 Å². The van der Waals surface area contributed by atoms with Crippen LogP contribution < -0.4 is 0 Å². The molecule has 1 aromatic carbocycles. The molecule has 1 unspecified atom stereocenters. The number of carboxylic acid groups (broad SMARTS) is 1. The Kier molecular flexibility index (Phi) is 3.91. The van der Waals surface area contributed by atoms with Crippen LogP contribution in [0, 0.1) is 0 Å². The molecule has 1 atom stereocenters. The number of carbonyl (C=O) groups excluding carboxylic acids is 1. The Bertz CT molecular complexity index is 458. The van der Waals surface area contributed by atoms with E-state index in [-0.39, 0.29) is 17.5 Å². The Morgan fingerprint density at radius 1 is 1.28 bits per heavy atom. The molecule has 1 aliphatic heterocycles. The van der Waals surface area contributed by atoms with Crippen molar-refractivity contribution >= 4 is 23.6 Å². The van der Waals surface area contributed by atoms with Crippen LogP contribution in [0.25, 0.3) is 0 Å². The zero-order valence-electron chi connectivity index (χ0n) is 10.1. The van der Waals surface area contributed by atoms with Crippen molar-refractivity contribution in [1.82, 2.24) is 4.90 Å². The normalized spacial score (nSPS) is 19.6. The summed E-state index contributed by atoms with van der Waals surface area (Å²) in [6.45, 7) is 2.79. The van der Waals surface area contributed by atoms with Crippen LogP contribution in [0.4, 0.5) is 0 Å². The number of amides is 1. The average molecular weight is 265 g/mol. The first kappa shape index (κ1) is 13.0. The molecule has 0 saturated carbocycles. The fourth-order valence-electron chi connectivity index (χ4n) is 1.95. The molecule has 0 aliphatic carbocycles. The first-order chi connectivity index (χ1) is 8.59. The lowest BCUT2D eigenvalue weighted by molar-refractivity contribution is 0.0689. The molecule has 2 rings (SSSR count). The van der Waals surface area contributed by atoms with Gasteiger partial charge < -0.3 is 10.0 Å². The van der Waals surface area contributed by atoms with Gasteiger partial charge in [-0.2, -0.15) is 11.8 Å². The number of carboxylic acids is 1. The number of benzene rings is 1. The van der Waals surface area contributed by atoms with Gasteiger partial charge in [-0.05, 0) is 31.2 Å². The number of nitrogens with zero attached hydrogens (tertiary/aromatic N) is 1. The van der Waals surface area contributed by atoms with Gasteiger partial charge in [0.1, 0.15) is 0 Å². The Hall–Kier alpha value is -1.49. The maximum absolute atomic E-state index is 12.3. The second-order valence-corrected chi connectivity index (χ2v) is 5.45. The van der Waals surface area contributed by atoms with Crippen LogP contribution in [-0.4, -0.2) is 46.0 Å². The topological polar surface area (TPSA) is 57.6 Å². The SMILES string of the molecule is CC1CSCCN1C(=O)c1ccc(C(=O)O)cc1. The van der Waals surface area contributed by atoms with Gasteiger partial charge in [0, 0.05) is 29.7 Å². The van der Waals surface area contributed by atoms with Gasteiger partial charge in [0.25, 0.3) is 5.91 Å². The van der Waals surface area contributed by atoms with Gasteiger partial charge >= 0.3 is 5.97 Å². The van der Waals surface area contributed by atoms with Crippen LogP contribution in [0.3, 0.4) is 0 Å². The molecule has 1 aromatic rings. The van der Waals surface area contributed by atoms with E-state index in [1.165, 1.54) is 12.1 Å². The molecule has 0 spiro atoms. The highest BCUT2D eigenvalue weighted by Gasteiger charge is 2.24. The highest BCUT2D eigenvalue weighted by atomic mass is 32.2. The van der Waals surface area contributed by atoms with Gasteiger partial charge in [0.05, 0.1) is 5.56 Å². The molecule has 1 N–H and O–H groups in total. The molecule has 0 radical (unpaired) electrons. The zero-order valence-corrected chi connectivity index (χ0v) is 10.9. The molecule has 5 heteroatoms. The monoisotopic (exact) mass is 265 g/mol. The Labute approximate surface area is 110 Å². The van der Waals surface area contributed by atoms with E-state index in [2.05, 4.69) is 0 Å². The van der Waals surface area contributed by atoms with Crippen molar-refractivity contribution in [2.24, 2.45) is 0 Å². The first-order valence-electron chi connectivity index (χ1n) is 5.81. The van der Waals surface area contributed by atoms with Crippen LogP contribution in [0.2, 0.25) is 0 Å². The molecule has 0 bridgehead atoms. The number of rotatable bonds is 2. The van der Waals surface area contributed by atoms with Gasteiger partial charge in [-0.3, -0.25) is 4.79 Å². The molecule has 1 amide bonds. The van der Waals surface area contributed by atoms with Crippen molar-refractivity contribution in [3.63, 3.8) is 0 Å². The van der Waals surface area contributed by atoms with Crippen molar-refractivity contribution in [1.29, 1.82) is 0 Å². The fourth-order valence-corrected chi connectivity index (χ4v) is 2.96. The summed E-state index contributed by atoms with van der Waals surface area (Å²) in [6, 6.07) is 6.34. The van der Waals surface area contributed by atoms with Gasteiger partial charge in [-0.1, -0.05) is 0 Å². The van der Waals surface area contributed by atoms with E-state index >= 15 is 0 Å². The first-order valence-corrected chi connectivity index (χ1v) is 6.97. The molecule has 0 aromatic heterocycles. The van der Waals surface area contributed by atoms with Gasteiger partial charge in [-0.15, -0.1) is 0 Å². The van der Waals surface area contributed by atoms with E-state index in [1.807, 2.05) is 23.6 Å². The van der Waals surface area contributed by atoms with Crippen LogP contribution in [0.1, 0.15) is 27.6 Å². The van der Waals surface area contributed by atoms with Gasteiger partial charge in [0.2, 0.25) is 0 Å². The Balaban J connectivity index is 2.15. The van der Waals surface area contributed by atoms with E-state index in [4.69, 9.17) is 5.11 Å². The quantitative estimate of drug-likeness (QED) is 0.888. The third-order valence-corrected chi connectivity index (χ3v) is 4.20. The lowest BCUT2D eigenvalue weighted by Gasteiger charge is -2.33. The highest BCUT2D eigenvalue weighted by Crippen LogP contribution is 2.18. The summed E-state index contributed by atoms with van der Waals surface area (Å²) in [7, 11) is 0. The standard InChI is InChI=1S/C13H15NO3S/c1-9-8-18-7-6-14(9)12(15)10-2-4-11(5-3-10)13(16)17/h2-5,9H,6-8H2,1H3,(H,16,17). The predicted molar refractivity (Wildman–Crippen MR) is 71.2 cm³/mol. The van der Waals surface area contributed by atoms with E-state index in [0.717, 1.165) is 18.1 Å². The largest absolute Gasteiger partial charge is 0.478 e. The molecule has 96 valence electrons. The summed E-state index contributed by atoms with van der Waals surface area (Å²) in [6.07, 6.45) is 0. The van der Waals surface area contributed by atoms with E-state index < -0.39 is 5.97 Å². The molecular weight excluding hydrogens is 250 g/mol. The molecule has 18 heavy (non-hydrogen) atoms. The fraction of sp³-hybridized carbons (Fsp3) is 0.385. The van der Waals surface area contributed by atoms with Crippen molar-refractivity contribution in [3.05, 3.63) is 35.4 Å². The van der Waals surface area contributed by atoms with Crippen molar-refractivity contribution < 1.29 is 14.7 Å². The second kappa shape index (κ2) is 5.44. The third kappa shape index (κ3) is 2.67. The van der Waals surface area contributed by atoms with Crippen LogP contribution in [0.15, 0.2) is 24.3 Å². The van der Waals surface area contributed by atoms with E-state index in [9.17, 15) is 9.59 Å². The molecule has 1 fully saturated rings. The predicted octanol–water partition coefficient (Wildman–Crippen LogP) is 1.96. The molecular formula is C13H15NO3S. The van der Waals surface area contributed by atoms with Crippen LogP contribution in [0.5, 0.6) is 0 Å². The highest BCUT2D eigenvalue weighted by molar-refractivity contribution is 7.99. The zero-order chi connectivity index (χ0) is 13.1. The molecule has 4 nitrogen and oxygen atoms in total. The summed E-state index contributed by atoms with van der Waals surface area (Å²) < 4.78 is 0. The van der Waals surface area contributed by atoms with Gasteiger partial charge in [0.15, 0.2) is 0 Å². The molecule has 1 aliphatic rings. The Morgan fingerprint density at radius 3 is 2.44 bits per heavy atom. The lowest BCUT2D eigenvalue weighted by atomic mass is 10.1. The van der Waals surface area contributed by atoms with Crippen molar-refractivity contribution in [2.75, 3.05) is 18.1 Å². The lowest BCUT2D eigenvalue weighted by Crippen LogP contribution is -2.44. The number of hydrogen-bond acceptors (Lipinski definition) is 3. The van der Waals surface area contributed by atoms with Crippen molar-refractivity contribution in [2.45, 2.75) is 13.0 Å². The Morgan fingerprint density at radius 2 is 1.89 bits per heavy atom. The van der Waals surface area contributed by atoms with Gasteiger partial charge in [-0.25, -0.2) is 4.79 Å². The maximum atomic E-state index is 12.3. The third-order valence-electron chi connectivity index (χ3n) is 3.01. The number of aromatic carboxylic acids is 1. The minimum Gasteiger partial charge on any atom is -0.478 e. The molecule has 1 saturated heterocycles. The smallest absolute Gasteiger partial charge is 0.335 e. The summed E-state index contributed by atoms with van der Waals surface area (Å²) in [5, 5.41) is 8.81. The summed E-state index contributed by atoms with van der Waals surface area (Å²) in [4.78, 5) is 24.9. The molecule has 1 heterocycles. The number of hydrogen-bond donors (Lipinski definition) is 1. The number of carbonyl (C=O) groups is 2. The van der Waals surface area contributed by atoms with Crippen LogP contribution >= 0.6 is 11.8 Å². The maximum Gasteiger partial charge on any atom is 0.335 e. The number of thioether (sulfide) groups is 1. The summed E-state index contributed by atoms with van der Waals surface area (Å²) in [5.41, 5.74) is 0.757. The van der Waals surface area contributed by atoms with Crippen LogP contribution in [-0.2, 0) is 0 Å². The second-order valence-electron chi connectivity index (χ2n) is 4.30. The average Bonchev–Trinajstić information content (AvgIpc) is 2.38. The minimum atomic E-state index is -0.975. The van der Waals surface area contributed by atoms with Crippen molar-refractivity contribution in [3.8, 4) is 0 Å². The summed E-state index contributed by atoms with van der Waals surface area (Å²) >= 11 is 1.85. The minimum absolute atomic E-state index is 0.0141. The van der Waals surface area contributed by atoms with E-state index in [0.29, 0.717) is 5.56 Å². The summed E-state index contributed by atoms with van der Waals surface area (Å²) in [5.74, 6) is 0.930.